The topological polar surface area (TPSA) is 58.6 Å². The number of carbonyl (C=O) groups is 1. The van der Waals surface area contributed by atoms with E-state index >= 15 is 0 Å². The molecule has 1 aliphatic carbocycles. The van der Waals surface area contributed by atoms with Gasteiger partial charge < -0.3 is 5.11 Å². The Morgan fingerprint density at radius 3 is 2.81 bits per heavy atom. The van der Waals surface area contributed by atoms with Gasteiger partial charge in [0.15, 0.2) is 0 Å². The van der Waals surface area contributed by atoms with E-state index in [2.05, 4.69) is 11.6 Å². The Labute approximate surface area is 125 Å². The van der Waals surface area contributed by atoms with Crippen LogP contribution in [0.2, 0.25) is 0 Å². The summed E-state index contributed by atoms with van der Waals surface area (Å²) in [6.07, 6.45) is 8.74. The van der Waals surface area contributed by atoms with Crippen molar-refractivity contribution >= 4 is 5.97 Å². The summed E-state index contributed by atoms with van der Waals surface area (Å²) in [5.41, 5.74) is 5.03. The zero-order valence-corrected chi connectivity index (χ0v) is 12.0. The first-order chi connectivity index (χ1) is 10.3. The second-order valence-electron chi connectivity index (χ2n) is 5.15. The number of carboxylic acid groups (broad SMARTS) is 1. The van der Waals surface area contributed by atoms with Crippen molar-refractivity contribution in [2.45, 2.75) is 19.3 Å². The molecule has 0 saturated carbocycles. The summed E-state index contributed by atoms with van der Waals surface area (Å²) in [6, 6.07) is 9.64. The molecule has 0 aliphatic heterocycles. The fourth-order valence-electron chi connectivity index (χ4n) is 2.22. The number of allylic oxidation sites excluding steroid dienone is 3. The molecule has 0 spiro atoms. The SMILES string of the molecule is O=C(O)[C@@H](CNOCC1=CC=CCC1)Cc1ccccc1. The number of nitrogens with one attached hydrogen (secondary N) is 1. The lowest BCUT2D eigenvalue weighted by molar-refractivity contribution is -0.142. The summed E-state index contributed by atoms with van der Waals surface area (Å²) in [4.78, 5) is 16.7. The summed E-state index contributed by atoms with van der Waals surface area (Å²) >= 11 is 0. The van der Waals surface area contributed by atoms with Gasteiger partial charge in [-0.05, 0) is 30.4 Å². The van der Waals surface area contributed by atoms with E-state index in [1.54, 1.807) is 0 Å². The van der Waals surface area contributed by atoms with Crippen LogP contribution in [-0.2, 0) is 16.1 Å². The molecule has 0 amide bonds. The third kappa shape index (κ3) is 5.53. The summed E-state index contributed by atoms with van der Waals surface area (Å²) in [6.45, 7) is 0.801. The maximum atomic E-state index is 11.3. The van der Waals surface area contributed by atoms with Crippen molar-refractivity contribution in [2.75, 3.05) is 13.2 Å². The largest absolute Gasteiger partial charge is 0.481 e. The molecular weight excluding hydrogens is 266 g/mol. The standard InChI is InChI=1S/C17H21NO3/c19-17(20)16(11-14-7-3-1-4-8-14)12-18-21-13-15-9-5-2-6-10-15/h1-5,7-9,16,18H,6,10-13H2,(H,19,20)/t16-/m1/s1. The Bertz CT molecular complexity index is 508. The Morgan fingerprint density at radius 2 is 2.14 bits per heavy atom. The third-order valence-corrected chi connectivity index (χ3v) is 3.46. The molecule has 0 unspecified atom stereocenters. The minimum absolute atomic E-state index is 0.299. The summed E-state index contributed by atoms with van der Waals surface area (Å²) in [5, 5.41) is 9.27. The van der Waals surface area contributed by atoms with Gasteiger partial charge in [-0.2, -0.15) is 0 Å². The van der Waals surface area contributed by atoms with Crippen molar-refractivity contribution in [1.29, 1.82) is 0 Å². The second-order valence-corrected chi connectivity index (χ2v) is 5.15. The number of hydrogen-bond donors (Lipinski definition) is 2. The molecule has 0 aromatic heterocycles. The summed E-state index contributed by atoms with van der Waals surface area (Å²) in [7, 11) is 0. The van der Waals surface area contributed by atoms with Crippen LogP contribution in [0.25, 0.3) is 0 Å². The molecule has 2 N–H and O–H groups in total. The average Bonchev–Trinajstić information content (AvgIpc) is 2.52. The van der Waals surface area contributed by atoms with Gasteiger partial charge in [-0.1, -0.05) is 48.6 Å². The molecule has 1 aliphatic rings. The van der Waals surface area contributed by atoms with E-state index in [0.717, 1.165) is 18.4 Å². The van der Waals surface area contributed by atoms with Gasteiger partial charge in [0.25, 0.3) is 0 Å². The van der Waals surface area contributed by atoms with E-state index in [4.69, 9.17) is 4.84 Å². The number of aliphatic carboxylic acids is 1. The quantitative estimate of drug-likeness (QED) is 0.570. The van der Waals surface area contributed by atoms with Crippen LogP contribution in [0.1, 0.15) is 18.4 Å². The molecule has 4 heteroatoms. The first kappa shape index (κ1) is 15.5. The highest BCUT2D eigenvalue weighted by Gasteiger charge is 2.17. The van der Waals surface area contributed by atoms with Crippen LogP contribution in [0.15, 0.2) is 54.1 Å². The Balaban J connectivity index is 1.74. The minimum Gasteiger partial charge on any atom is -0.481 e. The highest BCUT2D eigenvalue weighted by molar-refractivity contribution is 5.70. The maximum absolute atomic E-state index is 11.3. The van der Waals surface area contributed by atoms with Crippen molar-refractivity contribution in [3.05, 3.63) is 59.7 Å². The van der Waals surface area contributed by atoms with E-state index in [1.807, 2.05) is 42.5 Å². The zero-order valence-electron chi connectivity index (χ0n) is 12.0. The molecule has 0 radical (unpaired) electrons. The van der Waals surface area contributed by atoms with Crippen LogP contribution in [0.3, 0.4) is 0 Å². The average molecular weight is 287 g/mol. The highest BCUT2D eigenvalue weighted by Crippen LogP contribution is 2.12. The zero-order chi connectivity index (χ0) is 14.9. The number of benzene rings is 1. The van der Waals surface area contributed by atoms with Gasteiger partial charge in [-0.3, -0.25) is 9.63 Å². The molecule has 4 nitrogen and oxygen atoms in total. The predicted molar refractivity (Wildman–Crippen MR) is 81.7 cm³/mol. The smallest absolute Gasteiger partial charge is 0.308 e. The monoisotopic (exact) mass is 287 g/mol. The number of rotatable bonds is 8. The first-order valence-corrected chi connectivity index (χ1v) is 7.21. The van der Waals surface area contributed by atoms with Gasteiger partial charge in [0.1, 0.15) is 0 Å². The Kier molecular flexibility index (Phi) is 6.19. The van der Waals surface area contributed by atoms with Gasteiger partial charge in [-0.15, -0.1) is 0 Å². The summed E-state index contributed by atoms with van der Waals surface area (Å²) in [5.74, 6) is -1.30. The molecule has 0 heterocycles. The van der Waals surface area contributed by atoms with Gasteiger partial charge in [0.2, 0.25) is 0 Å². The molecule has 1 aromatic rings. The van der Waals surface area contributed by atoms with E-state index < -0.39 is 11.9 Å². The lowest BCUT2D eigenvalue weighted by Gasteiger charge is -2.14. The van der Waals surface area contributed by atoms with Gasteiger partial charge in [-0.25, -0.2) is 5.48 Å². The predicted octanol–water partition coefficient (Wildman–Crippen LogP) is 2.73. The molecular formula is C17H21NO3. The van der Waals surface area contributed by atoms with Crippen molar-refractivity contribution in [3.8, 4) is 0 Å². The highest BCUT2D eigenvalue weighted by atomic mass is 16.6. The van der Waals surface area contributed by atoms with E-state index in [1.165, 1.54) is 5.57 Å². The van der Waals surface area contributed by atoms with Crippen LogP contribution in [0.5, 0.6) is 0 Å². The Hall–Kier alpha value is -1.91. The van der Waals surface area contributed by atoms with E-state index in [-0.39, 0.29) is 0 Å². The van der Waals surface area contributed by atoms with Crippen molar-refractivity contribution in [1.82, 2.24) is 5.48 Å². The second kappa shape index (κ2) is 8.39. The molecule has 112 valence electrons. The number of carboxylic acids is 1. The lowest BCUT2D eigenvalue weighted by Crippen LogP contribution is -2.30. The molecule has 1 aromatic carbocycles. The van der Waals surface area contributed by atoms with Gasteiger partial charge >= 0.3 is 5.97 Å². The summed E-state index contributed by atoms with van der Waals surface area (Å²) < 4.78 is 0. The van der Waals surface area contributed by atoms with E-state index in [0.29, 0.717) is 19.6 Å². The van der Waals surface area contributed by atoms with E-state index in [9.17, 15) is 9.90 Å². The van der Waals surface area contributed by atoms with Crippen LogP contribution in [-0.4, -0.2) is 24.2 Å². The molecule has 0 saturated heterocycles. The minimum atomic E-state index is -0.810. The van der Waals surface area contributed by atoms with Gasteiger partial charge in [0, 0.05) is 6.54 Å². The van der Waals surface area contributed by atoms with Crippen molar-refractivity contribution in [3.63, 3.8) is 0 Å². The number of hydrogen-bond acceptors (Lipinski definition) is 3. The third-order valence-electron chi connectivity index (χ3n) is 3.46. The fraction of sp³-hybridized carbons (Fsp3) is 0.353. The van der Waals surface area contributed by atoms with Gasteiger partial charge in [0.05, 0.1) is 12.5 Å². The number of hydroxylamine groups is 1. The van der Waals surface area contributed by atoms with Crippen LogP contribution in [0, 0.1) is 5.92 Å². The fourth-order valence-corrected chi connectivity index (χ4v) is 2.22. The molecule has 0 bridgehead atoms. The Morgan fingerprint density at radius 1 is 1.33 bits per heavy atom. The molecule has 0 fully saturated rings. The van der Waals surface area contributed by atoms with Crippen LogP contribution >= 0.6 is 0 Å². The van der Waals surface area contributed by atoms with Crippen molar-refractivity contribution in [2.24, 2.45) is 5.92 Å². The van der Waals surface area contributed by atoms with Crippen LogP contribution in [0.4, 0.5) is 0 Å². The van der Waals surface area contributed by atoms with Crippen molar-refractivity contribution < 1.29 is 14.7 Å². The maximum Gasteiger partial charge on any atom is 0.308 e. The molecule has 1 atom stereocenters. The molecule has 2 rings (SSSR count). The van der Waals surface area contributed by atoms with Crippen LogP contribution < -0.4 is 5.48 Å². The lowest BCUT2D eigenvalue weighted by atomic mass is 10.00. The molecule has 21 heavy (non-hydrogen) atoms. The first-order valence-electron chi connectivity index (χ1n) is 7.21. The normalized spacial score (nSPS) is 15.5.